The zero-order chi connectivity index (χ0) is 11.1. The number of amides is 1. The molecule has 1 rings (SSSR count). The standard InChI is InChI=1S/C11H12ClNO2/c1-2-15-8-7-11(14)13-10-6-4-3-5-9(10)12/h3-8H,2H2,1H3,(H,13,14)/b8-7+. The van der Waals surface area contributed by atoms with Gasteiger partial charge in [0.05, 0.1) is 23.6 Å². The van der Waals surface area contributed by atoms with Gasteiger partial charge < -0.3 is 10.1 Å². The van der Waals surface area contributed by atoms with E-state index in [1.807, 2.05) is 6.92 Å². The Morgan fingerprint density at radius 2 is 2.27 bits per heavy atom. The fourth-order valence-corrected chi connectivity index (χ4v) is 1.13. The molecule has 0 bridgehead atoms. The van der Waals surface area contributed by atoms with Crippen molar-refractivity contribution in [2.75, 3.05) is 11.9 Å². The van der Waals surface area contributed by atoms with Gasteiger partial charge in [-0.1, -0.05) is 23.7 Å². The van der Waals surface area contributed by atoms with Crippen molar-refractivity contribution in [1.29, 1.82) is 0 Å². The van der Waals surface area contributed by atoms with E-state index in [0.717, 1.165) is 0 Å². The Bertz CT molecular complexity index is 363. The molecule has 0 saturated heterocycles. The largest absolute Gasteiger partial charge is 0.501 e. The van der Waals surface area contributed by atoms with Crippen LogP contribution in [-0.4, -0.2) is 12.5 Å². The number of halogens is 1. The molecular weight excluding hydrogens is 214 g/mol. The van der Waals surface area contributed by atoms with Gasteiger partial charge in [0.1, 0.15) is 0 Å². The van der Waals surface area contributed by atoms with Crippen LogP contribution in [0.3, 0.4) is 0 Å². The second-order valence-corrected chi connectivity index (χ2v) is 3.13. The third kappa shape index (κ3) is 4.04. The van der Waals surface area contributed by atoms with Crippen LogP contribution in [0.25, 0.3) is 0 Å². The van der Waals surface area contributed by atoms with E-state index in [2.05, 4.69) is 5.32 Å². The van der Waals surface area contributed by atoms with Gasteiger partial charge in [0.2, 0.25) is 0 Å². The molecule has 15 heavy (non-hydrogen) atoms. The SMILES string of the molecule is CCO/C=C/C(=O)Nc1ccccc1Cl. The number of para-hydroxylation sites is 1. The molecule has 0 atom stereocenters. The lowest BCUT2D eigenvalue weighted by Gasteiger charge is -2.03. The van der Waals surface area contributed by atoms with Crippen LogP contribution in [0.15, 0.2) is 36.6 Å². The van der Waals surface area contributed by atoms with Gasteiger partial charge in [-0.2, -0.15) is 0 Å². The molecule has 1 aromatic rings. The molecule has 3 nitrogen and oxygen atoms in total. The molecule has 0 unspecified atom stereocenters. The molecule has 1 amide bonds. The van der Waals surface area contributed by atoms with Crippen molar-refractivity contribution in [1.82, 2.24) is 0 Å². The highest BCUT2D eigenvalue weighted by Crippen LogP contribution is 2.20. The van der Waals surface area contributed by atoms with Gasteiger partial charge in [-0.25, -0.2) is 0 Å². The Kier molecular flexibility index (Phi) is 4.71. The summed E-state index contributed by atoms with van der Waals surface area (Å²) in [6.07, 6.45) is 2.67. The first kappa shape index (κ1) is 11.6. The number of nitrogens with one attached hydrogen (secondary N) is 1. The highest BCUT2D eigenvalue weighted by Gasteiger charge is 2.00. The van der Waals surface area contributed by atoms with E-state index >= 15 is 0 Å². The topological polar surface area (TPSA) is 38.3 Å². The van der Waals surface area contributed by atoms with Crippen molar-refractivity contribution < 1.29 is 9.53 Å². The van der Waals surface area contributed by atoms with Crippen LogP contribution in [0.4, 0.5) is 5.69 Å². The molecule has 0 aromatic heterocycles. The summed E-state index contributed by atoms with van der Waals surface area (Å²) in [6, 6.07) is 7.04. The van der Waals surface area contributed by atoms with Crippen molar-refractivity contribution >= 4 is 23.2 Å². The second kappa shape index (κ2) is 6.09. The molecule has 0 aliphatic rings. The minimum absolute atomic E-state index is 0.267. The highest BCUT2D eigenvalue weighted by atomic mass is 35.5. The van der Waals surface area contributed by atoms with Gasteiger partial charge in [-0.3, -0.25) is 4.79 Å². The first-order chi connectivity index (χ1) is 7.24. The normalized spacial score (nSPS) is 10.3. The third-order valence-corrected chi connectivity index (χ3v) is 1.94. The Balaban J connectivity index is 2.55. The Hall–Kier alpha value is -1.48. The number of anilines is 1. The fourth-order valence-electron chi connectivity index (χ4n) is 0.943. The molecule has 0 fully saturated rings. The zero-order valence-corrected chi connectivity index (χ0v) is 9.12. The van der Waals surface area contributed by atoms with E-state index in [4.69, 9.17) is 16.3 Å². The summed E-state index contributed by atoms with van der Waals surface area (Å²) >= 11 is 5.86. The number of carbonyl (C=O) groups excluding carboxylic acids is 1. The van der Waals surface area contributed by atoms with Crippen molar-refractivity contribution in [2.45, 2.75) is 6.92 Å². The summed E-state index contributed by atoms with van der Waals surface area (Å²) < 4.78 is 4.90. The first-order valence-corrected chi connectivity index (χ1v) is 4.95. The van der Waals surface area contributed by atoms with E-state index < -0.39 is 0 Å². The van der Waals surface area contributed by atoms with Gasteiger partial charge >= 0.3 is 0 Å². The van der Waals surface area contributed by atoms with E-state index in [1.54, 1.807) is 24.3 Å². The van der Waals surface area contributed by atoms with E-state index in [0.29, 0.717) is 17.3 Å². The maximum absolute atomic E-state index is 11.3. The molecule has 0 heterocycles. The van der Waals surface area contributed by atoms with Gasteiger partial charge in [-0.05, 0) is 19.1 Å². The number of hydrogen-bond acceptors (Lipinski definition) is 2. The van der Waals surface area contributed by atoms with Crippen LogP contribution < -0.4 is 5.32 Å². The van der Waals surface area contributed by atoms with Gasteiger partial charge in [0, 0.05) is 6.08 Å². The Morgan fingerprint density at radius 1 is 1.53 bits per heavy atom. The summed E-state index contributed by atoms with van der Waals surface area (Å²) in [5.41, 5.74) is 0.588. The molecule has 0 spiro atoms. The molecule has 80 valence electrons. The van der Waals surface area contributed by atoms with Gasteiger partial charge in [0.15, 0.2) is 0 Å². The summed E-state index contributed by atoms with van der Waals surface area (Å²) in [5.74, 6) is -0.267. The zero-order valence-electron chi connectivity index (χ0n) is 8.37. The average molecular weight is 226 g/mol. The Labute approximate surface area is 93.7 Å². The molecule has 1 N–H and O–H groups in total. The lowest BCUT2D eigenvalue weighted by Crippen LogP contribution is -2.08. The van der Waals surface area contributed by atoms with Crippen LogP contribution in [-0.2, 0) is 9.53 Å². The second-order valence-electron chi connectivity index (χ2n) is 2.73. The fraction of sp³-hybridized carbons (Fsp3) is 0.182. The average Bonchev–Trinajstić information content (AvgIpc) is 2.22. The minimum Gasteiger partial charge on any atom is -0.501 e. The molecule has 0 saturated carbocycles. The molecule has 0 aliphatic carbocycles. The van der Waals surface area contributed by atoms with E-state index in [1.165, 1.54) is 12.3 Å². The number of rotatable bonds is 4. The van der Waals surface area contributed by atoms with Crippen molar-refractivity contribution in [3.8, 4) is 0 Å². The van der Waals surface area contributed by atoms with Gasteiger partial charge in [0.25, 0.3) is 5.91 Å². The summed E-state index contributed by atoms with van der Waals surface area (Å²) in [4.78, 5) is 11.3. The van der Waals surface area contributed by atoms with Crippen LogP contribution in [0.5, 0.6) is 0 Å². The molecular formula is C11H12ClNO2. The predicted molar refractivity (Wildman–Crippen MR) is 60.8 cm³/mol. The number of hydrogen-bond donors (Lipinski definition) is 1. The van der Waals surface area contributed by atoms with Crippen molar-refractivity contribution in [3.63, 3.8) is 0 Å². The summed E-state index contributed by atoms with van der Waals surface area (Å²) in [6.45, 7) is 2.38. The van der Waals surface area contributed by atoms with Crippen molar-refractivity contribution in [2.24, 2.45) is 0 Å². The summed E-state index contributed by atoms with van der Waals surface area (Å²) in [5, 5.41) is 3.14. The maximum Gasteiger partial charge on any atom is 0.251 e. The highest BCUT2D eigenvalue weighted by molar-refractivity contribution is 6.33. The van der Waals surface area contributed by atoms with Crippen molar-refractivity contribution in [3.05, 3.63) is 41.6 Å². The summed E-state index contributed by atoms with van der Waals surface area (Å²) in [7, 11) is 0. The van der Waals surface area contributed by atoms with Crippen LogP contribution in [0.2, 0.25) is 5.02 Å². The predicted octanol–water partition coefficient (Wildman–Crippen LogP) is 2.83. The number of carbonyl (C=O) groups is 1. The maximum atomic E-state index is 11.3. The van der Waals surface area contributed by atoms with Crippen LogP contribution in [0.1, 0.15) is 6.92 Å². The minimum atomic E-state index is -0.267. The number of benzene rings is 1. The van der Waals surface area contributed by atoms with Gasteiger partial charge in [-0.15, -0.1) is 0 Å². The van der Waals surface area contributed by atoms with E-state index in [-0.39, 0.29) is 5.91 Å². The first-order valence-electron chi connectivity index (χ1n) is 4.57. The smallest absolute Gasteiger partial charge is 0.251 e. The quantitative estimate of drug-likeness (QED) is 0.632. The van der Waals surface area contributed by atoms with Crippen LogP contribution in [0, 0.1) is 0 Å². The van der Waals surface area contributed by atoms with E-state index in [9.17, 15) is 4.79 Å². The van der Waals surface area contributed by atoms with Crippen LogP contribution >= 0.6 is 11.6 Å². The lowest BCUT2D eigenvalue weighted by atomic mass is 10.3. The number of ether oxygens (including phenoxy) is 1. The molecule has 0 aliphatic heterocycles. The Morgan fingerprint density at radius 3 is 2.93 bits per heavy atom. The molecule has 1 aromatic carbocycles. The molecule has 0 radical (unpaired) electrons. The monoisotopic (exact) mass is 225 g/mol. The third-order valence-electron chi connectivity index (χ3n) is 1.61. The lowest BCUT2D eigenvalue weighted by molar-refractivity contribution is -0.112. The molecule has 4 heteroatoms.